The molecule has 1 atom stereocenters. The van der Waals surface area contributed by atoms with E-state index in [9.17, 15) is 14.4 Å². The third-order valence-electron chi connectivity index (χ3n) is 2.59. The Bertz CT molecular complexity index is 239. The summed E-state index contributed by atoms with van der Waals surface area (Å²) < 4.78 is 0. The second-order valence-electron chi connectivity index (χ2n) is 3.50. The molecule has 1 fully saturated rings. The van der Waals surface area contributed by atoms with E-state index in [1.165, 1.54) is 0 Å². The zero-order chi connectivity index (χ0) is 9.90. The van der Waals surface area contributed by atoms with Gasteiger partial charge in [-0.15, -0.1) is 0 Å². The molecule has 0 spiro atoms. The fourth-order valence-corrected chi connectivity index (χ4v) is 1.73. The molecule has 0 N–H and O–H groups in total. The average molecular weight is 183 g/mol. The van der Waals surface area contributed by atoms with Crippen LogP contribution in [0.25, 0.3) is 0 Å². The molecule has 0 aromatic heterocycles. The fourth-order valence-electron chi connectivity index (χ4n) is 1.73. The van der Waals surface area contributed by atoms with Gasteiger partial charge in [-0.05, 0) is 13.5 Å². The zero-order valence-electron chi connectivity index (χ0n) is 7.66. The van der Waals surface area contributed by atoms with Gasteiger partial charge in [0.1, 0.15) is 18.4 Å². The van der Waals surface area contributed by atoms with Gasteiger partial charge in [0.25, 0.3) is 0 Å². The zero-order valence-corrected chi connectivity index (χ0v) is 7.66. The van der Waals surface area contributed by atoms with Crippen molar-refractivity contribution in [3.05, 3.63) is 0 Å². The largest absolute Gasteiger partial charge is 0.303 e. The van der Waals surface area contributed by atoms with Crippen LogP contribution < -0.4 is 0 Å². The number of likely N-dealkylation sites (tertiary alicyclic amines) is 1. The molecule has 1 unspecified atom stereocenters. The highest BCUT2D eigenvalue weighted by Gasteiger charge is 2.42. The smallest absolute Gasteiger partial charge is 0.149 e. The van der Waals surface area contributed by atoms with Crippen LogP contribution in [0.1, 0.15) is 19.3 Å². The molecule has 1 aliphatic heterocycles. The number of likely N-dealkylation sites (N-methyl/N-ethyl adjacent to an activating group) is 1. The van der Waals surface area contributed by atoms with Gasteiger partial charge in [0.2, 0.25) is 0 Å². The second-order valence-corrected chi connectivity index (χ2v) is 3.50. The van der Waals surface area contributed by atoms with Gasteiger partial charge in [0, 0.05) is 12.8 Å². The predicted octanol–water partition coefficient (Wildman–Crippen LogP) is -0.192. The summed E-state index contributed by atoms with van der Waals surface area (Å²) >= 11 is 0. The lowest BCUT2D eigenvalue weighted by Crippen LogP contribution is -2.42. The number of Topliss-reactive ketones (excluding diaryl/α,β-unsaturated/α-hetero) is 1. The Balaban J connectivity index is 2.73. The Labute approximate surface area is 76.9 Å². The topological polar surface area (TPSA) is 54.5 Å². The summed E-state index contributed by atoms with van der Waals surface area (Å²) in [7, 11) is 1.74. The molecule has 72 valence electrons. The quantitative estimate of drug-likeness (QED) is 0.567. The van der Waals surface area contributed by atoms with Crippen LogP contribution in [0.2, 0.25) is 0 Å². The van der Waals surface area contributed by atoms with Crippen LogP contribution >= 0.6 is 0 Å². The highest BCUT2D eigenvalue weighted by Crippen LogP contribution is 2.27. The molecule has 0 saturated carbocycles. The van der Waals surface area contributed by atoms with Crippen LogP contribution in [0.15, 0.2) is 0 Å². The first-order valence-corrected chi connectivity index (χ1v) is 4.27. The van der Waals surface area contributed by atoms with E-state index in [0.29, 0.717) is 19.4 Å². The molecular weight excluding hydrogens is 170 g/mol. The Morgan fingerprint density at radius 3 is 2.62 bits per heavy atom. The van der Waals surface area contributed by atoms with Crippen LogP contribution in [0.3, 0.4) is 0 Å². The molecule has 0 amide bonds. The molecule has 1 rings (SSSR count). The van der Waals surface area contributed by atoms with Gasteiger partial charge in [-0.3, -0.25) is 9.69 Å². The van der Waals surface area contributed by atoms with Crippen molar-refractivity contribution in [1.29, 1.82) is 0 Å². The summed E-state index contributed by atoms with van der Waals surface area (Å²) in [5.74, 6) is 0.0699. The monoisotopic (exact) mass is 183 g/mol. The molecule has 1 heterocycles. The van der Waals surface area contributed by atoms with Gasteiger partial charge in [-0.2, -0.15) is 0 Å². The van der Waals surface area contributed by atoms with Crippen LogP contribution in [0.5, 0.6) is 0 Å². The number of carbonyl (C=O) groups excluding carboxylic acids is 3. The van der Waals surface area contributed by atoms with Gasteiger partial charge in [-0.25, -0.2) is 0 Å². The maximum Gasteiger partial charge on any atom is 0.149 e. The van der Waals surface area contributed by atoms with E-state index in [0.717, 1.165) is 12.6 Å². The Hall–Kier alpha value is -1.03. The molecule has 1 aliphatic rings. The molecule has 1 saturated heterocycles. The van der Waals surface area contributed by atoms with Crippen molar-refractivity contribution < 1.29 is 14.4 Å². The van der Waals surface area contributed by atoms with Gasteiger partial charge in [-0.1, -0.05) is 0 Å². The second kappa shape index (κ2) is 3.79. The Morgan fingerprint density at radius 1 is 1.54 bits per heavy atom. The molecular formula is C9H13NO3. The number of aldehydes is 2. The fraction of sp³-hybridized carbons (Fsp3) is 0.667. The van der Waals surface area contributed by atoms with Gasteiger partial charge < -0.3 is 9.59 Å². The maximum absolute atomic E-state index is 11.1. The van der Waals surface area contributed by atoms with E-state index in [1.54, 1.807) is 11.9 Å². The Morgan fingerprint density at radius 2 is 2.23 bits per heavy atom. The minimum absolute atomic E-state index is 0.0699. The first-order valence-electron chi connectivity index (χ1n) is 4.27. The summed E-state index contributed by atoms with van der Waals surface area (Å²) in [6.45, 7) is 0.317. The van der Waals surface area contributed by atoms with E-state index < -0.39 is 5.54 Å². The third-order valence-corrected chi connectivity index (χ3v) is 2.59. The van der Waals surface area contributed by atoms with Crippen molar-refractivity contribution in [2.75, 3.05) is 13.6 Å². The van der Waals surface area contributed by atoms with E-state index in [4.69, 9.17) is 0 Å². The van der Waals surface area contributed by atoms with Crippen molar-refractivity contribution >= 4 is 18.4 Å². The van der Waals surface area contributed by atoms with Crippen molar-refractivity contribution in [2.24, 2.45) is 0 Å². The summed E-state index contributed by atoms with van der Waals surface area (Å²) in [5.41, 5.74) is -0.710. The molecule has 0 aromatic rings. The highest BCUT2D eigenvalue weighted by atomic mass is 16.1. The molecule has 0 bridgehead atoms. The molecule has 13 heavy (non-hydrogen) atoms. The number of hydrogen-bond donors (Lipinski definition) is 0. The molecule has 0 radical (unpaired) electrons. The average Bonchev–Trinajstić information content (AvgIpc) is 2.38. The van der Waals surface area contributed by atoms with Crippen LogP contribution in [0.4, 0.5) is 0 Å². The van der Waals surface area contributed by atoms with E-state index >= 15 is 0 Å². The number of hydrogen-bond acceptors (Lipinski definition) is 4. The third kappa shape index (κ3) is 1.83. The molecule has 0 aliphatic carbocycles. The maximum atomic E-state index is 11.1. The van der Waals surface area contributed by atoms with Gasteiger partial charge >= 0.3 is 0 Å². The number of nitrogens with zero attached hydrogens (tertiary/aromatic N) is 1. The standard InChI is InChI=1S/C9H13NO3/c1-10-6-8(13)5-9(10,7-12)3-2-4-11/h4,7H,2-3,5-6H2,1H3. The SMILES string of the molecule is CN1CC(=O)CC1(C=O)CCC=O. The first-order chi connectivity index (χ1) is 6.14. The summed E-state index contributed by atoms with van der Waals surface area (Å²) in [4.78, 5) is 33.9. The van der Waals surface area contributed by atoms with Crippen LogP contribution in [-0.4, -0.2) is 42.4 Å². The van der Waals surface area contributed by atoms with Crippen molar-refractivity contribution in [3.8, 4) is 0 Å². The van der Waals surface area contributed by atoms with Crippen molar-refractivity contribution in [1.82, 2.24) is 4.90 Å². The molecule has 0 aromatic carbocycles. The number of rotatable bonds is 4. The molecule has 4 heteroatoms. The van der Waals surface area contributed by atoms with E-state index in [1.807, 2.05) is 0 Å². The number of carbonyl (C=O) groups is 3. The Kier molecular flexibility index (Phi) is 2.93. The first kappa shape index (κ1) is 10.1. The van der Waals surface area contributed by atoms with Gasteiger partial charge in [0.05, 0.1) is 12.1 Å². The van der Waals surface area contributed by atoms with Crippen LogP contribution in [-0.2, 0) is 14.4 Å². The summed E-state index contributed by atoms with van der Waals surface area (Å²) in [5, 5.41) is 0. The van der Waals surface area contributed by atoms with Crippen LogP contribution in [0, 0.1) is 0 Å². The predicted molar refractivity (Wildman–Crippen MR) is 46.3 cm³/mol. The normalized spacial score (nSPS) is 29.2. The minimum atomic E-state index is -0.710. The lowest BCUT2D eigenvalue weighted by molar-refractivity contribution is -0.120. The highest BCUT2D eigenvalue weighted by molar-refractivity contribution is 5.89. The lowest BCUT2D eigenvalue weighted by atomic mass is 9.92. The number of ketones is 1. The van der Waals surface area contributed by atoms with E-state index in [2.05, 4.69) is 0 Å². The van der Waals surface area contributed by atoms with Crippen molar-refractivity contribution in [2.45, 2.75) is 24.8 Å². The van der Waals surface area contributed by atoms with Crippen molar-refractivity contribution in [3.63, 3.8) is 0 Å². The lowest BCUT2D eigenvalue weighted by Gasteiger charge is -2.28. The molecule has 4 nitrogen and oxygen atoms in total. The summed E-state index contributed by atoms with van der Waals surface area (Å²) in [6.07, 6.45) is 2.60. The van der Waals surface area contributed by atoms with Gasteiger partial charge in [0.15, 0.2) is 0 Å². The summed E-state index contributed by atoms with van der Waals surface area (Å²) in [6, 6.07) is 0. The van der Waals surface area contributed by atoms with E-state index in [-0.39, 0.29) is 12.2 Å². The minimum Gasteiger partial charge on any atom is -0.303 e.